The second-order valence-electron chi connectivity index (χ2n) is 8.29. The van der Waals surface area contributed by atoms with Crippen molar-refractivity contribution in [3.63, 3.8) is 0 Å². The van der Waals surface area contributed by atoms with Gasteiger partial charge in [-0.2, -0.15) is 0 Å². The molecule has 4 aromatic rings. The minimum atomic E-state index is -0.273. The summed E-state index contributed by atoms with van der Waals surface area (Å²) >= 11 is 0. The highest BCUT2D eigenvalue weighted by Crippen LogP contribution is 2.30. The first kappa shape index (κ1) is 22.6. The topological polar surface area (TPSA) is 62.7 Å². The normalized spacial score (nSPS) is 12.0. The summed E-state index contributed by atoms with van der Waals surface area (Å²) in [5.74, 6) is 0.279. The van der Waals surface area contributed by atoms with E-state index in [2.05, 4.69) is 58.7 Å². The van der Waals surface area contributed by atoms with Gasteiger partial charge in [0, 0.05) is 48.3 Å². The maximum Gasteiger partial charge on any atom is 0.223 e. The number of anilines is 1. The minimum Gasteiger partial charge on any atom is -0.353 e. The number of pyridine rings is 1. The van der Waals surface area contributed by atoms with Crippen LogP contribution in [0.15, 0.2) is 85.3 Å². The van der Waals surface area contributed by atoms with Crippen molar-refractivity contribution in [1.29, 1.82) is 0 Å². The quantitative estimate of drug-likeness (QED) is 0.366. The predicted molar refractivity (Wildman–Crippen MR) is 131 cm³/mol. The summed E-state index contributed by atoms with van der Waals surface area (Å²) in [6.45, 7) is 4.97. The van der Waals surface area contributed by atoms with E-state index in [0.717, 1.165) is 28.8 Å². The van der Waals surface area contributed by atoms with Crippen LogP contribution in [0, 0.1) is 5.82 Å². The molecule has 0 amide bonds. The molecule has 2 aromatic carbocycles. The Labute approximate surface area is 194 Å². The first-order valence-corrected chi connectivity index (χ1v) is 11.2. The number of hydrogen-bond acceptors (Lipinski definition) is 5. The molecule has 1 atom stereocenters. The van der Waals surface area contributed by atoms with Crippen molar-refractivity contribution < 1.29 is 4.39 Å². The smallest absolute Gasteiger partial charge is 0.223 e. The van der Waals surface area contributed by atoms with E-state index < -0.39 is 0 Å². The summed E-state index contributed by atoms with van der Waals surface area (Å²) in [5.41, 5.74) is 4.68. The van der Waals surface area contributed by atoms with Crippen molar-refractivity contribution in [2.75, 3.05) is 11.9 Å². The molecule has 4 rings (SSSR count). The van der Waals surface area contributed by atoms with Crippen LogP contribution in [0.2, 0.25) is 0 Å². The zero-order valence-corrected chi connectivity index (χ0v) is 18.9. The third kappa shape index (κ3) is 6.20. The van der Waals surface area contributed by atoms with E-state index in [0.29, 0.717) is 18.5 Å². The molecule has 0 saturated heterocycles. The van der Waals surface area contributed by atoms with Crippen molar-refractivity contribution >= 4 is 5.95 Å². The monoisotopic (exact) mass is 441 g/mol. The molecule has 6 heteroatoms. The molecule has 0 saturated carbocycles. The summed E-state index contributed by atoms with van der Waals surface area (Å²) < 4.78 is 13.5. The molecule has 2 aromatic heterocycles. The number of nitrogens with zero attached hydrogens (tertiary/aromatic N) is 3. The van der Waals surface area contributed by atoms with Gasteiger partial charge in [0.05, 0.1) is 5.69 Å². The van der Waals surface area contributed by atoms with Gasteiger partial charge in [-0.25, -0.2) is 14.4 Å². The Morgan fingerprint density at radius 1 is 0.879 bits per heavy atom. The standard InChI is InChI=1S/C27H28FN5/c1-19(2)32-24(16-20-6-4-3-5-7-20)17-30-27-31-18-25(21-8-10-23(28)11-9-21)26(33-27)22-12-14-29-15-13-22/h3-15,18-19,24,32H,16-17H2,1-2H3,(H,30,31,33)/t24-/m0/s1. The Bertz CT molecular complexity index is 1150. The van der Waals surface area contributed by atoms with Crippen LogP contribution < -0.4 is 10.6 Å². The number of hydrogen-bond donors (Lipinski definition) is 2. The van der Waals surface area contributed by atoms with Crippen molar-refractivity contribution in [2.24, 2.45) is 0 Å². The molecule has 0 radical (unpaired) electrons. The third-order valence-electron chi connectivity index (χ3n) is 5.30. The van der Waals surface area contributed by atoms with Crippen molar-refractivity contribution in [2.45, 2.75) is 32.4 Å². The lowest BCUT2D eigenvalue weighted by Gasteiger charge is -2.22. The van der Waals surface area contributed by atoms with E-state index in [4.69, 9.17) is 4.98 Å². The van der Waals surface area contributed by atoms with Gasteiger partial charge in [-0.15, -0.1) is 0 Å². The van der Waals surface area contributed by atoms with Crippen LogP contribution in [0.4, 0.5) is 10.3 Å². The number of nitrogens with one attached hydrogen (secondary N) is 2. The lowest BCUT2D eigenvalue weighted by Crippen LogP contribution is -2.41. The summed E-state index contributed by atoms with van der Waals surface area (Å²) in [5, 5.41) is 7.03. The van der Waals surface area contributed by atoms with Gasteiger partial charge in [0.1, 0.15) is 5.82 Å². The molecule has 0 aliphatic heterocycles. The van der Waals surface area contributed by atoms with Gasteiger partial charge in [-0.05, 0) is 41.8 Å². The summed E-state index contributed by atoms with van der Waals surface area (Å²) in [6, 6.07) is 21.2. The minimum absolute atomic E-state index is 0.220. The Morgan fingerprint density at radius 2 is 1.61 bits per heavy atom. The summed E-state index contributed by atoms with van der Waals surface area (Å²) in [6.07, 6.45) is 6.17. The number of halogens is 1. The zero-order valence-electron chi connectivity index (χ0n) is 18.9. The molecule has 0 unspecified atom stereocenters. The molecule has 0 spiro atoms. The van der Waals surface area contributed by atoms with Crippen LogP contribution in [0.3, 0.4) is 0 Å². The largest absolute Gasteiger partial charge is 0.353 e. The highest BCUT2D eigenvalue weighted by atomic mass is 19.1. The SMILES string of the molecule is CC(C)N[C@H](CNc1ncc(-c2ccc(F)cc2)c(-c2ccncc2)n1)Cc1ccccc1. The summed E-state index contributed by atoms with van der Waals surface area (Å²) in [4.78, 5) is 13.5. The average Bonchev–Trinajstić information content (AvgIpc) is 2.84. The molecular weight excluding hydrogens is 413 g/mol. The van der Waals surface area contributed by atoms with Crippen molar-refractivity contribution in [3.8, 4) is 22.4 Å². The van der Waals surface area contributed by atoms with Gasteiger partial charge < -0.3 is 10.6 Å². The molecule has 0 bridgehead atoms. The maximum atomic E-state index is 13.5. The number of aromatic nitrogens is 3. The van der Waals surface area contributed by atoms with E-state index in [1.54, 1.807) is 30.7 Å². The Hall–Kier alpha value is -3.64. The van der Waals surface area contributed by atoms with Gasteiger partial charge in [0.2, 0.25) is 5.95 Å². The Kier molecular flexibility index (Phi) is 7.37. The molecule has 5 nitrogen and oxygen atoms in total. The molecule has 0 aliphatic carbocycles. The number of rotatable bonds is 9. The molecular formula is C27H28FN5. The van der Waals surface area contributed by atoms with Crippen LogP contribution in [-0.2, 0) is 6.42 Å². The predicted octanol–water partition coefficient (Wildman–Crippen LogP) is 5.37. The number of benzene rings is 2. The van der Waals surface area contributed by atoms with E-state index >= 15 is 0 Å². The van der Waals surface area contributed by atoms with E-state index in [1.807, 2.05) is 18.2 Å². The molecule has 2 N–H and O–H groups in total. The van der Waals surface area contributed by atoms with Gasteiger partial charge in [0.25, 0.3) is 0 Å². The van der Waals surface area contributed by atoms with Crippen LogP contribution in [0.1, 0.15) is 19.4 Å². The molecule has 0 fully saturated rings. The molecule has 0 aliphatic rings. The maximum absolute atomic E-state index is 13.5. The fourth-order valence-electron chi connectivity index (χ4n) is 3.81. The van der Waals surface area contributed by atoms with Gasteiger partial charge in [0.15, 0.2) is 0 Å². The Balaban J connectivity index is 1.59. The van der Waals surface area contributed by atoms with E-state index in [9.17, 15) is 4.39 Å². The first-order valence-electron chi connectivity index (χ1n) is 11.2. The lowest BCUT2D eigenvalue weighted by atomic mass is 10.0. The molecule has 168 valence electrons. The van der Waals surface area contributed by atoms with Gasteiger partial charge in [-0.1, -0.05) is 56.3 Å². The zero-order chi connectivity index (χ0) is 23.0. The van der Waals surface area contributed by atoms with E-state index in [-0.39, 0.29) is 11.9 Å². The molecule has 2 heterocycles. The van der Waals surface area contributed by atoms with Crippen LogP contribution in [0.5, 0.6) is 0 Å². The second kappa shape index (κ2) is 10.8. The fraction of sp³-hybridized carbons (Fsp3) is 0.222. The van der Waals surface area contributed by atoms with Crippen LogP contribution in [0.25, 0.3) is 22.4 Å². The van der Waals surface area contributed by atoms with Crippen LogP contribution >= 0.6 is 0 Å². The van der Waals surface area contributed by atoms with Crippen LogP contribution in [-0.4, -0.2) is 33.6 Å². The molecule has 33 heavy (non-hydrogen) atoms. The Morgan fingerprint density at radius 3 is 2.30 bits per heavy atom. The van der Waals surface area contributed by atoms with Crippen molar-refractivity contribution in [3.05, 3.63) is 96.7 Å². The van der Waals surface area contributed by atoms with Gasteiger partial charge in [-0.3, -0.25) is 4.98 Å². The van der Waals surface area contributed by atoms with E-state index in [1.165, 1.54) is 17.7 Å². The fourth-order valence-corrected chi connectivity index (χ4v) is 3.81. The highest BCUT2D eigenvalue weighted by Gasteiger charge is 2.15. The van der Waals surface area contributed by atoms with Gasteiger partial charge >= 0.3 is 0 Å². The summed E-state index contributed by atoms with van der Waals surface area (Å²) in [7, 11) is 0. The second-order valence-corrected chi connectivity index (χ2v) is 8.29. The average molecular weight is 442 g/mol. The van der Waals surface area contributed by atoms with Crippen molar-refractivity contribution in [1.82, 2.24) is 20.3 Å². The third-order valence-corrected chi connectivity index (χ3v) is 5.30. The highest BCUT2D eigenvalue weighted by molar-refractivity contribution is 5.80. The first-order chi connectivity index (χ1) is 16.1. The lowest BCUT2D eigenvalue weighted by molar-refractivity contribution is 0.473.